The van der Waals surface area contributed by atoms with E-state index in [0.717, 1.165) is 5.69 Å². The van der Waals surface area contributed by atoms with Crippen molar-refractivity contribution < 1.29 is 19.1 Å². The number of likely N-dealkylation sites (N-methyl/N-ethyl adjacent to an activating group) is 1. The van der Waals surface area contributed by atoms with Gasteiger partial charge in [0.2, 0.25) is 11.8 Å². The lowest BCUT2D eigenvalue weighted by molar-refractivity contribution is -0.123. The molecule has 0 aliphatic carbocycles. The number of hydrogen-bond donors (Lipinski definition) is 2. The van der Waals surface area contributed by atoms with Crippen molar-refractivity contribution in [2.75, 3.05) is 38.6 Å². The molecular formula is C20H23N3O4. The normalized spacial score (nSPS) is 15.3. The zero-order valence-corrected chi connectivity index (χ0v) is 15.2. The molecule has 0 fully saturated rings. The number of rotatable bonds is 7. The fraction of sp³-hybridized carbons (Fsp3) is 0.300. The summed E-state index contributed by atoms with van der Waals surface area (Å²) in [6.45, 7) is 0.967. The summed E-state index contributed by atoms with van der Waals surface area (Å²) >= 11 is 0. The van der Waals surface area contributed by atoms with Crippen LogP contribution in [-0.4, -0.2) is 56.1 Å². The van der Waals surface area contributed by atoms with E-state index in [1.807, 2.05) is 54.6 Å². The molecule has 27 heavy (non-hydrogen) atoms. The minimum atomic E-state index is -0.240. The summed E-state index contributed by atoms with van der Waals surface area (Å²) in [4.78, 5) is 25.8. The van der Waals surface area contributed by atoms with Crippen molar-refractivity contribution in [2.24, 2.45) is 0 Å². The van der Waals surface area contributed by atoms with Gasteiger partial charge in [0, 0.05) is 5.69 Å². The zero-order chi connectivity index (χ0) is 19.1. The van der Waals surface area contributed by atoms with Crippen LogP contribution >= 0.6 is 0 Å². The molecule has 2 amide bonds. The van der Waals surface area contributed by atoms with Crippen molar-refractivity contribution >= 4 is 17.5 Å². The van der Waals surface area contributed by atoms with Gasteiger partial charge < -0.3 is 20.1 Å². The molecular weight excluding hydrogens is 346 g/mol. The van der Waals surface area contributed by atoms with E-state index >= 15 is 0 Å². The minimum Gasteiger partial charge on any atom is -0.486 e. The Labute approximate surface area is 158 Å². The summed E-state index contributed by atoms with van der Waals surface area (Å²) in [5.41, 5.74) is 0.732. The lowest BCUT2D eigenvalue weighted by Gasteiger charge is -2.26. The van der Waals surface area contributed by atoms with E-state index in [2.05, 4.69) is 10.6 Å². The molecule has 1 unspecified atom stereocenters. The van der Waals surface area contributed by atoms with Crippen LogP contribution in [-0.2, 0) is 9.59 Å². The van der Waals surface area contributed by atoms with Crippen LogP contribution in [0.2, 0.25) is 0 Å². The first-order valence-electron chi connectivity index (χ1n) is 8.79. The van der Waals surface area contributed by atoms with Crippen LogP contribution in [0.3, 0.4) is 0 Å². The van der Waals surface area contributed by atoms with Crippen LogP contribution in [0, 0.1) is 0 Å². The van der Waals surface area contributed by atoms with Gasteiger partial charge >= 0.3 is 0 Å². The molecule has 0 radical (unpaired) electrons. The average Bonchev–Trinajstić information content (AvgIpc) is 2.66. The molecule has 1 aliphatic rings. The molecule has 7 heteroatoms. The fourth-order valence-corrected chi connectivity index (χ4v) is 2.72. The molecule has 0 spiro atoms. The number of benzene rings is 2. The van der Waals surface area contributed by atoms with Gasteiger partial charge in [-0.25, -0.2) is 0 Å². The highest BCUT2D eigenvalue weighted by atomic mass is 16.6. The lowest BCUT2D eigenvalue weighted by Crippen LogP contribution is -2.44. The first kappa shape index (κ1) is 18.7. The zero-order valence-electron chi connectivity index (χ0n) is 15.2. The summed E-state index contributed by atoms with van der Waals surface area (Å²) in [6, 6.07) is 16.6. The Bertz CT molecular complexity index is 782. The van der Waals surface area contributed by atoms with Crippen molar-refractivity contribution in [1.82, 2.24) is 10.2 Å². The number of para-hydroxylation sites is 3. The van der Waals surface area contributed by atoms with E-state index in [1.165, 1.54) is 0 Å². The third-order valence-electron chi connectivity index (χ3n) is 3.98. The summed E-state index contributed by atoms with van der Waals surface area (Å²) < 4.78 is 11.4. The van der Waals surface area contributed by atoms with Gasteiger partial charge in [0.05, 0.1) is 19.6 Å². The van der Waals surface area contributed by atoms with Crippen LogP contribution in [0.1, 0.15) is 0 Å². The molecule has 0 bridgehead atoms. The number of amides is 2. The summed E-state index contributed by atoms with van der Waals surface area (Å²) in [5, 5.41) is 5.61. The number of carbonyl (C=O) groups excluding carboxylic acids is 2. The summed E-state index contributed by atoms with van der Waals surface area (Å²) in [6.07, 6.45) is -0.240. The largest absolute Gasteiger partial charge is 0.486 e. The summed E-state index contributed by atoms with van der Waals surface area (Å²) in [7, 11) is 1.72. The Hall–Kier alpha value is -3.06. The second-order valence-corrected chi connectivity index (χ2v) is 6.39. The van der Waals surface area contributed by atoms with E-state index < -0.39 is 0 Å². The fourth-order valence-electron chi connectivity index (χ4n) is 2.72. The molecule has 7 nitrogen and oxygen atoms in total. The average molecular weight is 369 g/mol. The SMILES string of the molecule is CN(CC(=O)NCC1COc2ccccc2O1)CC(=O)Nc1ccccc1. The number of anilines is 1. The van der Waals surface area contributed by atoms with E-state index in [1.54, 1.807) is 11.9 Å². The van der Waals surface area contributed by atoms with Gasteiger partial charge in [-0.1, -0.05) is 30.3 Å². The Morgan fingerprint density at radius 1 is 1.00 bits per heavy atom. The predicted molar refractivity (Wildman–Crippen MR) is 102 cm³/mol. The number of ether oxygens (including phenoxy) is 2. The molecule has 2 aromatic carbocycles. The second-order valence-electron chi connectivity index (χ2n) is 6.39. The molecule has 2 N–H and O–H groups in total. The highest BCUT2D eigenvalue weighted by molar-refractivity contribution is 5.92. The van der Waals surface area contributed by atoms with E-state index in [4.69, 9.17) is 9.47 Å². The van der Waals surface area contributed by atoms with E-state index in [9.17, 15) is 9.59 Å². The van der Waals surface area contributed by atoms with Crippen molar-refractivity contribution in [2.45, 2.75) is 6.10 Å². The highest BCUT2D eigenvalue weighted by Crippen LogP contribution is 2.30. The van der Waals surface area contributed by atoms with Gasteiger partial charge in [-0.05, 0) is 31.3 Å². The van der Waals surface area contributed by atoms with Crippen LogP contribution in [0.15, 0.2) is 54.6 Å². The molecule has 3 rings (SSSR count). The van der Waals surface area contributed by atoms with Crippen LogP contribution in [0.5, 0.6) is 11.5 Å². The van der Waals surface area contributed by atoms with Crippen molar-refractivity contribution in [1.29, 1.82) is 0 Å². The van der Waals surface area contributed by atoms with Crippen LogP contribution in [0.25, 0.3) is 0 Å². The number of nitrogens with one attached hydrogen (secondary N) is 2. The number of nitrogens with zero attached hydrogens (tertiary/aromatic N) is 1. The van der Waals surface area contributed by atoms with Gasteiger partial charge in [-0.2, -0.15) is 0 Å². The molecule has 0 saturated carbocycles. The number of carbonyl (C=O) groups is 2. The number of fused-ring (bicyclic) bond motifs is 1. The Morgan fingerprint density at radius 3 is 2.44 bits per heavy atom. The number of hydrogen-bond acceptors (Lipinski definition) is 5. The second kappa shape index (κ2) is 9.05. The smallest absolute Gasteiger partial charge is 0.238 e. The maximum Gasteiger partial charge on any atom is 0.238 e. The van der Waals surface area contributed by atoms with Gasteiger partial charge in [0.1, 0.15) is 12.7 Å². The molecule has 0 saturated heterocycles. The first-order valence-corrected chi connectivity index (χ1v) is 8.79. The van der Waals surface area contributed by atoms with Crippen LogP contribution in [0.4, 0.5) is 5.69 Å². The first-order chi connectivity index (χ1) is 13.1. The maximum absolute atomic E-state index is 12.1. The third-order valence-corrected chi connectivity index (χ3v) is 3.98. The van der Waals surface area contributed by atoms with Crippen molar-refractivity contribution in [3.63, 3.8) is 0 Å². The van der Waals surface area contributed by atoms with E-state index in [0.29, 0.717) is 24.7 Å². The topological polar surface area (TPSA) is 79.9 Å². The molecule has 2 aromatic rings. The standard InChI is InChI=1S/C20H23N3O4/c1-23(13-20(25)22-15-7-3-2-4-8-15)12-19(24)21-11-16-14-26-17-9-5-6-10-18(17)27-16/h2-10,16H,11-14H2,1H3,(H,21,24)(H,22,25). The molecule has 1 atom stereocenters. The summed E-state index contributed by atoms with van der Waals surface area (Å²) in [5.74, 6) is 1.05. The Kier molecular flexibility index (Phi) is 6.27. The van der Waals surface area contributed by atoms with Gasteiger partial charge in [-0.15, -0.1) is 0 Å². The van der Waals surface area contributed by atoms with Gasteiger partial charge in [0.15, 0.2) is 11.5 Å². The maximum atomic E-state index is 12.1. The highest BCUT2D eigenvalue weighted by Gasteiger charge is 2.21. The third kappa shape index (κ3) is 5.72. The lowest BCUT2D eigenvalue weighted by atomic mass is 10.2. The van der Waals surface area contributed by atoms with Crippen molar-refractivity contribution in [3.8, 4) is 11.5 Å². The molecule has 0 aromatic heterocycles. The Balaban J connectivity index is 1.37. The molecule has 142 valence electrons. The minimum absolute atomic E-state index is 0.117. The monoisotopic (exact) mass is 369 g/mol. The molecule has 1 aliphatic heterocycles. The quantitative estimate of drug-likeness (QED) is 0.773. The van der Waals surface area contributed by atoms with E-state index in [-0.39, 0.29) is 31.0 Å². The Morgan fingerprint density at radius 2 is 1.67 bits per heavy atom. The van der Waals surface area contributed by atoms with Gasteiger partial charge in [0.25, 0.3) is 0 Å². The van der Waals surface area contributed by atoms with Gasteiger partial charge in [-0.3, -0.25) is 14.5 Å². The van der Waals surface area contributed by atoms with Crippen molar-refractivity contribution in [3.05, 3.63) is 54.6 Å². The molecule has 1 heterocycles. The van der Waals surface area contributed by atoms with Crippen LogP contribution < -0.4 is 20.1 Å². The predicted octanol–water partition coefficient (Wildman–Crippen LogP) is 1.51.